The molecule has 0 spiro atoms. The van der Waals surface area contributed by atoms with Gasteiger partial charge in [0, 0.05) is 17.7 Å². The van der Waals surface area contributed by atoms with Crippen molar-refractivity contribution in [1.82, 2.24) is 5.43 Å². The van der Waals surface area contributed by atoms with Crippen molar-refractivity contribution in [2.75, 3.05) is 6.61 Å². The van der Waals surface area contributed by atoms with E-state index in [1.807, 2.05) is 19.1 Å². The van der Waals surface area contributed by atoms with Gasteiger partial charge in [0.2, 0.25) is 0 Å². The summed E-state index contributed by atoms with van der Waals surface area (Å²) in [7, 11) is 0. The van der Waals surface area contributed by atoms with Crippen LogP contribution in [0.1, 0.15) is 22.8 Å². The first-order chi connectivity index (χ1) is 11.5. The van der Waals surface area contributed by atoms with E-state index in [4.69, 9.17) is 16.3 Å². The first kappa shape index (κ1) is 17.4. The minimum absolute atomic E-state index is 0.0217. The molecule has 0 saturated heterocycles. The maximum atomic E-state index is 12.0. The normalized spacial score (nSPS) is 10.6. The Morgan fingerprint density at radius 3 is 2.79 bits per heavy atom. The van der Waals surface area contributed by atoms with Gasteiger partial charge in [-0.05, 0) is 25.1 Å². The quantitative estimate of drug-likeness (QED) is 0.492. The standard InChI is InChI=1S/C16H14ClN3O4/c1-2-24-15-6-4-3-5-11(15)10-18-19-16(21)13-8-7-12(20(22)23)9-14(13)17/h3-10H,2H2,1H3,(H,19,21)/b18-10+. The second-order valence-electron chi connectivity index (χ2n) is 4.59. The van der Waals surface area contributed by atoms with E-state index in [-0.39, 0.29) is 16.3 Å². The third kappa shape index (κ3) is 4.30. The number of nitrogens with zero attached hydrogens (tertiary/aromatic N) is 2. The Morgan fingerprint density at radius 2 is 2.12 bits per heavy atom. The van der Waals surface area contributed by atoms with Crippen molar-refractivity contribution in [3.63, 3.8) is 0 Å². The number of carbonyl (C=O) groups excluding carboxylic acids is 1. The number of nitrogens with one attached hydrogen (secondary N) is 1. The van der Waals surface area contributed by atoms with Crippen LogP contribution in [0, 0.1) is 10.1 Å². The summed E-state index contributed by atoms with van der Waals surface area (Å²) in [5.41, 5.74) is 2.94. The predicted molar refractivity (Wildman–Crippen MR) is 90.8 cm³/mol. The molecule has 24 heavy (non-hydrogen) atoms. The van der Waals surface area contributed by atoms with E-state index in [0.29, 0.717) is 17.9 Å². The van der Waals surface area contributed by atoms with Gasteiger partial charge in [0.15, 0.2) is 0 Å². The van der Waals surface area contributed by atoms with Crippen LogP contribution in [-0.4, -0.2) is 23.7 Å². The Bertz CT molecular complexity index is 793. The lowest BCUT2D eigenvalue weighted by molar-refractivity contribution is -0.384. The molecule has 0 atom stereocenters. The van der Waals surface area contributed by atoms with Crippen LogP contribution < -0.4 is 10.2 Å². The molecule has 2 rings (SSSR count). The lowest BCUT2D eigenvalue weighted by Crippen LogP contribution is -2.18. The SMILES string of the molecule is CCOc1ccccc1/C=N/NC(=O)c1ccc([N+](=O)[O-])cc1Cl. The third-order valence-corrected chi connectivity index (χ3v) is 3.31. The zero-order valence-corrected chi connectivity index (χ0v) is 13.5. The van der Waals surface area contributed by atoms with Crippen molar-refractivity contribution < 1.29 is 14.5 Å². The number of nitro benzene ring substituents is 1. The smallest absolute Gasteiger partial charge is 0.272 e. The van der Waals surface area contributed by atoms with Crippen molar-refractivity contribution >= 4 is 29.4 Å². The fourth-order valence-corrected chi connectivity index (χ4v) is 2.16. The molecule has 2 aromatic carbocycles. The van der Waals surface area contributed by atoms with Gasteiger partial charge in [0.1, 0.15) is 5.75 Å². The van der Waals surface area contributed by atoms with Crippen molar-refractivity contribution in [2.24, 2.45) is 5.10 Å². The van der Waals surface area contributed by atoms with Crippen molar-refractivity contribution in [2.45, 2.75) is 6.92 Å². The molecule has 0 radical (unpaired) electrons. The van der Waals surface area contributed by atoms with E-state index in [2.05, 4.69) is 10.5 Å². The van der Waals surface area contributed by atoms with Gasteiger partial charge in [0.05, 0.1) is 28.3 Å². The number of rotatable bonds is 6. The van der Waals surface area contributed by atoms with Crippen LogP contribution in [0.4, 0.5) is 5.69 Å². The maximum absolute atomic E-state index is 12.0. The molecular weight excluding hydrogens is 334 g/mol. The second-order valence-corrected chi connectivity index (χ2v) is 5.00. The van der Waals surface area contributed by atoms with Gasteiger partial charge in [-0.15, -0.1) is 0 Å². The summed E-state index contributed by atoms with van der Waals surface area (Å²) in [5.74, 6) is 0.0754. The summed E-state index contributed by atoms with van der Waals surface area (Å²) in [5, 5.41) is 14.5. The number of carbonyl (C=O) groups is 1. The Labute approximate surface area is 143 Å². The first-order valence-electron chi connectivity index (χ1n) is 7.02. The molecule has 0 aliphatic heterocycles. The summed E-state index contributed by atoms with van der Waals surface area (Å²) in [6, 6.07) is 10.8. The number of benzene rings is 2. The van der Waals surface area contributed by atoms with E-state index >= 15 is 0 Å². The fraction of sp³-hybridized carbons (Fsp3) is 0.125. The maximum Gasteiger partial charge on any atom is 0.272 e. The third-order valence-electron chi connectivity index (χ3n) is 3.00. The predicted octanol–water partition coefficient (Wildman–Crippen LogP) is 3.41. The minimum Gasteiger partial charge on any atom is -0.493 e. The number of halogens is 1. The number of hydrogen-bond donors (Lipinski definition) is 1. The number of non-ortho nitro benzene ring substituents is 1. The average Bonchev–Trinajstić information content (AvgIpc) is 2.56. The topological polar surface area (TPSA) is 93.8 Å². The molecule has 1 amide bonds. The largest absolute Gasteiger partial charge is 0.493 e. The van der Waals surface area contributed by atoms with Crippen LogP contribution in [0.2, 0.25) is 5.02 Å². The lowest BCUT2D eigenvalue weighted by atomic mass is 10.2. The molecule has 0 bridgehead atoms. The molecule has 124 valence electrons. The summed E-state index contributed by atoms with van der Waals surface area (Å²) < 4.78 is 5.44. The first-order valence-corrected chi connectivity index (χ1v) is 7.40. The second kappa shape index (κ2) is 8.07. The van der Waals surface area contributed by atoms with E-state index in [9.17, 15) is 14.9 Å². The van der Waals surface area contributed by atoms with Crippen molar-refractivity contribution in [3.05, 3.63) is 68.7 Å². The van der Waals surface area contributed by atoms with Gasteiger partial charge < -0.3 is 4.74 Å². The monoisotopic (exact) mass is 347 g/mol. The molecule has 7 nitrogen and oxygen atoms in total. The number of ether oxygens (including phenoxy) is 1. The number of hydrogen-bond acceptors (Lipinski definition) is 5. The molecule has 0 fully saturated rings. The zero-order chi connectivity index (χ0) is 17.5. The summed E-state index contributed by atoms with van der Waals surface area (Å²) in [4.78, 5) is 22.1. The van der Waals surface area contributed by atoms with Crippen molar-refractivity contribution in [1.29, 1.82) is 0 Å². The van der Waals surface area contributed by atoms with Crippen LogP contribution in [-0.2, 0) is 0 Å². The van der Waals surface area contributed by atoms with Gasteiger partial charge >= 0.3 is 0 Å². The molecule has 2 aromatic rings. The number of hydrazone groups is 1. The fourth-order valence-electron chi connectivity index (χ4n) is 1.90. The summed E-state index contributed by atoms with van der Waals surface area (Å²) >= 11 is 5.89. The molecule has 1 N–H and O–H groups in total. The number of amides is 1. The highest BCUT2D eigenvalue weighted by Gasteiger charge is 2.14. The average molecular weight is 348 g/mol. The highest BCUT2D eigenvalue weighted by atomic mass is 35.5. The van der Waals surface area contributed by atoms with Crippen LogP contribution in [0.15, 0.2) is 47.6 Å². The molecule has 0 aliphatic carbocycles. The Kier molecular flexibility index (Phi) is 5.86. The van der Waals surface area contributed by atoms with Gasteiger partial charge in [-0.3, -0.25) is 14.9 Å². The van der Waals surface area contributed by atoms with E-state index in [1.165, 1.54) is 18.3 Å². The van der Waals surface area contributed by atoms with E-state index < -0.39 is 10.8 Å². The van der Waals surface area contributed by atoms with Gasteiger partial charge in [-0.25, -0.2) is 5.43 Å². The molecule has 8 heteroatoms. The van der Waals surface area contributed by atoms with Crippen LogP contribution in [0.5, 0.6) is 5.75 Å². The molecule has 0 unspecified atom stereocenters. The Hall–Kier alpha value is -2.93. The highest BCUT2D eigenvalue weighted by Crippen LogP contribution is 2.22. The summed E-state index contributed by atoms with van der Waals surface area (Å²) in [6.07, 6.45) is 1.45. The van der Waals surface area contributed by atoms with Crippen LogP contribution >= 0.6 is 11.6 Å². The van der Waals surface area contributed by atoms with Gasteiger partial charge in [-0.1, -0.05) is 23.7 Å². The number of nitro groups is 1. The molecular formula is C16H14ClN3O4. The van der Waals surface area contributed by atoms with Gasteiger partial charge in [0.25, 0.3) is 11.6 Å². The van der Waals surface area contributed by atoms with Crippen LogP contribution in [0.25, 0.3) is 0 Å². The van der Waals surface area contributed by atoms with Crippen LogP contribution in [0.3, 0.4) is 0 Å². The summed E-state index contributed by atoms with van der Waals surface area (Å²) in [6.45, 7) is 2.38. The van der Waals surface area contributed by atoms with E-state index in [1.54, 1.807) is 12.1 Å². The Morgan fingerprint density at radius 1 is 1.38 bits per heavy atom. The van der Waals surface area contributed by atoms with Crippen molar-refractivity contribution in [3.8, 4) is 5.75 Å². The van der Waals surface area contributed by atoms with Gasteiger partial charge in [-0.2, -0.15) is 5.10 Å². The lowest BCUT2D eigenvalue weighted by Gasteiger charge is -2.06. The molecule has 0 aliphatic rings. The molecule has 0 aromatic heterocycles. The zero-order valence-electron chi connectivity index (χ0n) is 12.7. The number of para-hydroxylation sites is 1. The Balaban J connectivity index is 2.09. The molecule has 0 heterocycles. The molecule has 0 saturated carbocycles. The highest BCUT2D eigenvalue weighted by molar-refractivity contribution is 6.34. The minimum atomic E-state index is -0.587. The van der Waals surface area contributed by atoms with E-state index in [0.717, 1.165) is 6.07 Å².